The number of carbonyl (C=O) groups excluding carboxylic acids is 4. The number of aromatic nitrogens is 1. The number of hydroxylamine groups is 1. The van der Waals surface area contributed by atoms with Gasteiger partial charge in [-0.3, -0.25) is 14.4 Å². The van der Waals surface area contributed by atoms with Gasteiger partial charge < -0.3 is 20.5 Å². The molecule has 1 aliphatic heterocycles. The Morgan fingerprint density at radius 2 is 1.87 bits per heavy atom. The van der Waals surface area contributed by atoms with Crippen LogP contribution in [0.25, 0.3) is 11.6 Å². The SMILES string of the molecule is Cc1[nH]c(/C=C2\C(=O)Nc3ccc(F)cc32)c(C)c1C(=O)NCCCCCC(=O)NOC(=O)C1CCCCC1. The second-order valence-corrected chi connectivity index (χ2v) is 10.2. The van der Waals surface area contributed by atoms with Gasteiger partial charge in [0.25, 0.3) is 17.7 Å². The van der Waals surface area contributed by atoms with Crippen LogP contribution in [0.2, 0.25) is 0 Å². The van der Waals surface area contributed by atoms with Crippen LogP contribution in [0.3, 0.4) is 0 Å². The van der Waals surface area contributed by atoms with Crippen molar-refractivity contribution in [3.05, 3.63) is 52.1 Å². The van der Waals surface area contributed by atoms with E-state index in [-0.39, 0.29) is 36.0 Å². The molecule has 208 valence electrons. The third kappa shape index (κ3) is 6.93. The van der Waals surface area contributed by atoms with Crippen LogP contribution in [-0.4, -0.2) is 35.2 Å². The molecule has 3 amide bonds. The molecule has 1 aromatic heterocycles. The average molecular weight is 539 g/mol. The van der Waals surface area contributed by atoms with Crippen LogP contribution < -0.4 is 16.1 Å². The highest BCUT2D eigenvalue weighted by molar-refractivity contribution is 6.34. The van der Waals surface area contributed by atoms with Crippen molar-refractivity contribution in [1.82, 2.24) is 15.8 Å². The summed E-state index contributed by atoms with van der Waals surface area (Å²) in [5, 5.41) is 5.63. The molecule has 2 aliphatic rings. The second kappa shape index (κ2) is 12.7. The smallest absolute Gasteiger partial charge is 0.335 e. The van der Waals surface area contributed by atoms with Crippen molar-refractivity contribution >= 4 is 41.0 Å². The molecule has 0 bridgehead atoms. The molecule has 0 radical (unpaired) electrons. The molecule has 2 heterocycles. The zero-order chi connectivity index (χ0) is 27.9. The lowest BCUT2D eigenvalue weighted by Crippen LogP contribution is -2.31. The highest BCUT2D eigenvalue weighted by Crippen LogP contribution is 2.34. The first kappa shape index (κ1) is 28.1. The maximum absolute atomic E-state index is 13.8. The molecule has 1 aliphatic carbocycles. The third-order valence-electron chi connectivity index (χ3n) is 7.33. The third-order valence-corrected chi connectivity index (χ3v) is 7.33. The Balaban J connectivity index is 1.21. The number of H-pyrrole nitrogens is 1. The minimum atomic E-state index is -0.436. The van der Waals surface area contributed by atoms with Gasteiger partial charge in [-0.25, -0.2) is 9.18 Å². The fraction of sp³-hybridized carbons (Fsp3) is 0.448. The van der Waals surface area contributed by atoms with E-state index in [0.29, 0.717) is 58.7 Å². The summed E-state index contributed by atoms with van der Waals surface area (Å²) in [5.41, 5.74) is 6.06. The predicted octanol–water partition coefficient (Wildman–Crippen LogP) is 4.71. The number of amides is 3. The van der Waals surface area contributed by atoms with E-state index < -0.39 is 5.82 Å². The number of hydrogen-bond donors (Lipinski definition) is 4. The van der Waals surface area contributed by atoms with Gasteiger partial charge in [0.05, 0.1) is 17.1 Å². The van der Waals surface area contributed by atoms with Crippen molar-refractivity contribution < 1.29 is 28.4 Å². The van der Waals surface area contributed by atoms with E-state index >= 15 is 0 Å². The van der Waals surface area contributed by atoms with E-state index in [0.717, 1.165) is 38.5 Å². The number of benzene rings is 1. The fourth-order valence-corrected chi connectivity index (χ4v) is 5.16. The zero-order valence-corrected chi connectivity index (χ0v) is 22.4. The van der Waals surface area contributed by atoms with Gasteiger partial charge in [-0.15, -0.1) is 0 Å². The second-order valence-electron chi connectivity index (χ2n) is 10.2. The van der Waals surface area contributed by atoms with Crippen molar-refractivity contribution in [1.29, 1.82) is 0 Å². The Morgan fingerprint density at radius 1 is 1.10 bits per heavy atom. The van der Waals surface area contributed by atoms with E-state index in [1.54, 1.807) is 19.9 Å². The van der Waals surface area contributed by atoms with Gasteiger partial charge in [0.15, 0.2) is 0 Å². The number of hydrogen-bond acceptors (Lipinski definition) is 5. The van der Waals surface area contributed by atoms with Crippen LogP contribution in [-0.2, 0) is 19.2 Å². The first-order chi connectivity index (χ1) is 18.7. The molecule has 1 saturated carbocycles. The van der Waals surface area contributed by atoms with Crippen molar-refractivity contribution in [2.45, 2.75) is 71.6 Å². The number of halogens is 1. The van der Waals surface area contributed by atoms with Crippen LogP contribution in [0.5, 0.6) is 0 Å². The van der Waals surface area contributed by atoms with Gasteiger partial charge in [0, 0.05) is 35.6 Å². The summed E-state index contributed by atoms with van der Waals surface area (Å²) in [6, 6.07) is 4.12. The largest absolute Gasteiger partial charge is 0.358 e. The van der Waals surface area contributed by atoms with Gasteiger partial charge >= 0.3 is 5.97 Å². The van der Waals surface area contributed by atoms with E-state index in [1.807, 2.05) is 0 Å². The van der Waals surface area contributed by atoms with Crippen molar-refractivity contribution in [3.63, 3.8) is 0 Å². The van der Waals surface area contributed by atoms with Gasteiger partial charge in [-0.05, 0) is 69.4 Å². The Kier molecular flexibility index (Phi) is 9.16. The molecule has 0 saturated heterocycles. The maximum Gasteiger partial charge on any atom is 0.335 e. The van der Waals surface area contributed by atoms with Gasteiger partial charge in [-0.1, -0.05) is 25.7 Å². The van der Waals surface area contributed by atoms with Crippen LogP contribution in [0.15, 0.2) is 18.2 Å². The van der Waals surface area contributed by atoms with Crippen LogP contribution in [0.4, 0.5) is 10.1 Å². The molecule has 39 heavy (non-hydrogen) atoms. The number of aromatic amines is 1. The maximum atomic E-state index is 13.8. The average Bonchev–Trinajstić information content (AvgIpc) is 3.38. The normalized spacial score (nSPS) is 16.1. The van der Waals surface area contributed by atoms with Gasteiger partial charge in [-0.2, -0.15) is 5.48 Å². The number of nitrogens with one attached hydrogen (secondary N) is 4. The molecular weight excluding hydrogens is 503 g/mol. The van der Waals surface area contributed by atoms with E-state index in [9.17, 15) is 23.6 Å². The Labute approximate surface area is 226 Å². The van der Waals surface area contributed by atoms with Crippen molar-refractivity contribution in [3.8, 4) is 0 Å². The molecule has 1 aromatic carbocycles. The van der Waals surface area contributed by atoms with E-state index in [1.165, 1.54) is 18.2 Å². The highest BCUT2D eigenvalue weighted by atomic mass is 19.1. The Bertz CT molecular complexity index is 1290. The minimum absolute atomic E-state index is 0.119. The molecule has 4 N–H and O–H groups in total. The van der Waals surface area contributed by atoms with Gasteiger partial charge in [0.2, 0.25) is 0 Å². The Hall–Kier alpha value is -3.95. The van der Waals surface area contributed by atoms with Crippen LogP contribution >= 0.6 is 0 Å². The molecule has 1 fully saturated rings. The lowest BCUT2D eigenvalue weighted by atomic mass is 9.89. The summed E-state index contributed by atoms with van der Waals surface area (Å²) < 4.78 is 13.8. The topological polar surface area (TPSA) is 129 Å². The monoisotopic (exact) mass is 538 g/mol. The standard InChI is InChI=1S/C29H35FN4O5/c1-17-24(16-22-21-15-20(30)12-13-23(21)33-27(22)36)32-18(2)26(17)28(37)31-14-8-4-7-11-25(35)34-39-29(38)19-9-5-3-6-10-19/h12-13,15-16,19,32H,3-11,14H2,1-2H3,(H,31,37)(H,33,36)(H,34,35)/b22-16-. The summed E-state index contributed by atoms with van der Waals surface area (Å²) in [7, 11) is 0. The molecule has 4 rings (SSSR count). The first-order valence-corrected chi connectivity index (χ1v) is 13.5. The van der Waals surface area contributed by atoms with Gasteiger partial charge in [0.1, 0.15) is 5.82 Å². The molecule has 0 atom stereocenters. The Morgan fingerprint density at radius 3 is 2.64 bits per heavy atom. The number of carbonyl (C=O) groups is 4. The summed E-state index contributed by atoms with van der Waals surface area (Å²) in [6.45, 7) is 4.02. The lowest BCUT2D eigenvalue weighted by Gasteiger charge is -2.19. The molecule has 2 aromatic rings. The summed E-state index contributed by atoms with van der Waals surface area (Å²) >= 11 is 0. The first-order valence-electron chi connectivity index (χ1n) is 13.5. The van der Waals surface area contributed by atoms with E-state index in [4.69, 9.17) is 4.84 Å². The van der Waals surface area contributed by atoms with Crippen LogP contribution in [0, 0.1) is 25.6 Å². The summed E-state index contributed by atoms with van der Waals surface area (Å²) in [5.74, 6) is -1.80. The summed E-state index contributed by atoms with van der Waals surface area (Å²) in [6.07, 6.45) is 8.68. The van der Waals surface area contributed by atoms with Crippen molar-refractivity contribution in [2.75, 3.05) is 11.9 Å². The zero-order valence-electron chi connectivity index (χ0n) is 22.4. The minimum Gasteiger partial charge on any atom is -0.358 e. The molecule has 10 heteroatoms. The lowest BCUT2D eigenvalue weighted by molar-refractivity contribution is -0.163. The van der Waals surface area contributed by atoms with Crippen molar-refractivity contribution in [2.24, 2.45) is 5.92 Å². The highest BCUT2D eigenvalue weighted by Gasteiger charge is 2.26. The quantitative estimate of drug-likeness (QED) is 0.209. The molecule has 9 nitrogen and oxygen atoms in total. The summed E-state index contributed by atoms with van der Waals surface area (Å²) in [4.78, 5) is 57.4. The van der Waals surface area contributed by atoms with Crippen LogP contribution in [0.1, 0.15) is 90.7 Å². The molecule has 0 unspecified atom stereocenters. The fourth-order valence-electron chi connectivity index (χ4n) is 5.16. The van der Waals surface area contributed by atoms with E-state index in [2.05, 4.69) is 21.1 Å². The number of aryl methyl sites for hydroxylation is 1. The molecular formula is C29H35FN4O5. The molecule has 0 spiro atoms. The predicted molar refractivity (Wildman–Crippen MR) is 145 cm³/mol. The number of unbranched alkanes of at least 4 members (excludes halogenated alkanes) is 2. The number of rotatable bonds is 9. The number of fused-ring (bicyclic) bond motifs is 1. The number of anilines is 1.